The van der Waals surface area contributed by atoms with Gasteiger partial charge in [-0.2, -0.15) is 0 Å². The summed E-state index contributed by atoms with van der Waals surface area (Å²) < 4.78 is 19.6. The van der Waals surface area contributed by atoms with Crippen LogP contribution < -0.4 is 11.0 Å². The zero-order valence-corrected chi connectivity index (χ0v) is 19.0. The summed E-state index contributed by atoms with van der Waals surface area (Å²) >= 11 is 0. The van der Waals surface area contributed by atoms with Gasteiger partial charge in [-0.1, -0.05) is 24.3 Å². The van der Waals surface area contributed by atoms with Crippen LogP contribution in [-0.4, -0.2) is 52.3 Å². The van der Waals surface area contributed by atoms with Crippen molar-refractivity contribution in [1.29, 1.82) is 0 Å². The molecule has 2 aromatic carbocycles. The number of rotatable bonds is 2. The fourth-order valence-electron chi connectivity index (χ4n) is 4.63. The standard InChI is InChI=1S/C24H29BN2O5/c1-23(2)24(3,4)32-25(31-23)18-12-17-21(16-9-6-5-8-15(16)18)26-14-27(22(17)29)19-10-7-11-30-13-20(19)28/h5-6,8-9,12,14,19-20,28H,7,10-11,13H2,1-4H3. The molecule has 1 aromatic heterocycles. The number of ether oxygens (including phenoxy) is 1. The molecule has 5 rings (SSSR count). The van der Waals surface area contributed by atoms with Crippen LogP contribution in [0.25, 0.3) is 21.7 Å². The molecule has 0 radical (unpaired) electrons. The molecule has 3 heterocycles. The van der Waals surface area contributed by atoms with Crippen LogP contribution in [0.3, 0.4) is 0 Å². The summed E-state index contributed by atoms with van der Waals surface area (Å²) in [6.07, 6.45) is 2.25. The van der Waals surface area contributed by atoms with E-state index in [0.717, 1.165) is 22.7 Å². The molecular formula is C24H29BN2O5. The number of aliphatic hydroxyl groups excluding tert-OH is 1. The molecule has 2 saturated heterocycles. The fraction of sp³-hybridized carbons (Fsp3) is 0.500. The van der Waals surface area contributed by atoms with Crippen molar-refractivity contribution in [2.24, 2.45) is 0 Å². The number of hydrogen-bond acceptors (Lipinski definition) is 6. The number of aliphatic hydroxyl groups is 1. The third-order valence-corrected chi connectivity index (χ3v) is 7.21. The van der Waals surface area contributed by atoms with Crippen molar-refractivity contribution in [3.8, 4) is 0 Å². The Morgan fingerprint density at radius 3 is 2.50 bits per heavy atom. The highest BCUT2D eigenvalue weighted by molar-refractivity contribution is 6.65. The summed E-state index contributed by atoms with van der Waals surface area (Å²) in [6, 6.07) is 9.37. The van der Waals surface area contributed by atoms with E-state index in [1.807, 2.05) is 58.0 Å². The van der Waals surface area contributed by atoms with E-state index in [2.05, 4.69) is 4.98 Å². The van der Waals surface area contributed by atoms with Gasteiger partial charge in [0.05, 0.1) is 47.2 Å². The third kappa shape index (κ3) is 3.37. The topological polar surface area (TPSA) is 82.8 Å². The molecule has 32 heavy (non-hydrogen) atoms. The minimum absolute atomic E-state index is 0.176. The minimum atomic E-state index is -0.752. The highest BCUT2D eigenvalue weighted by Crippen LogP contribution is 2.37. The molecular weight excluding hydrogens is 407 g/mol. The van der Waals surface area contributed by atoms with Gasteiger partial charge in [-0.05, 0) is 57.5 Å². The molecule has 0 aliphatic carbocycles. The van der Waals surface area contributed by atoms with E-state index in [1.54, 1.807) is 10.9 Å². The smallest absolute Gasteiger partial charge is 0.399 e. The molecule has 3 aromatic rings. The maximum atomic E-state index is 13.6. The Labute approximate surface area is 187 Å². The van der Waals surface area contributed by atoms with Crippen LogP contribution in [0.15, 0.2) is 41.5 Å². The first-order chi connectivity index (χ1) is 15.2. The molecule has 2 unspecified atom stereocenters. The number of nitrogens with zero attached hydrogens (tertiary/aromatic N) is 2. The largest absolute Gasteiger partial charge is 0.495 e. The van der Waals surface area contributed by atoms with Gasteiger partial charge in [0.1, 0.15) is 0 Å². The van der Waals surface area contributed by atoms with Crippen LogP contribution in [0, 0.1) is 0 Å². The highest BCUT2D eigenvalue weighted by atomic mass is 16.7. The number of fused-ring (bicyclic) bond motifs is 3. The van der Waals surface area contributed by atoms with E-state index in [0.29, 0.717) is 23.9 Å². The lowest BCUT2D eigenvalue weighted by Gasteiger charge is -2.32. The van der Waals surface area contributed by atoms with E-state index in [9.17, 15) is 9.90 Å². The maximum absolute atomic E-state index is 13.6. The van der Waals surface area contributed by atoms with E-state index in [4.69, 9.17) is 14.0 Å². The van der Waals surface area contributed by atoms with Gasteiger partial charge in [0, 0.05) is 12.0 Å². The Bertz CT molecular complexity index is 1220. The zero-order valence-electron chi connectivity index (χ0n) is 19.0. The molecule has 2 aliphatic rings. The predicted octanol–water partition coefficient (Wildman–Crippen LogP) is 2.56. The van der Waals surface area contributed by atoms with Gasteiger partial charge in [0.15, 0.2) is 0 Å². The zero-order chi connectivity index (χ0) is 22.7. The maximum Gasteiger partial charge on any atom is 0.495 e. The van der Waals surface area contributed by atoms with E-state index < -0.39 is 24.4 Å². The second-order valence-electron chi connectivity index (χ2n) is 9.80. The predicted molar refractivity (Wildman–Crippen MR) is 124 cm³/mol. The summed E-state index contributed by atoms with van der Waals surface area (Å²) in [5.74, 6) is 0. The van der Waals surface area contributed by atoms with Crippen molar-refractivity contribution >= 4 is 34.3 Å². The fourth-order valence-corrected chi connectivity index (χ4v) is 4.63. The monoisotopic (exact) mass is 436 g/mol. The molecule has 0 spiro atoms. The molecule has 0 bridgehead atoms. The summed E-state index contributed by atoms with van der Waals surface area (Å²) in [5.41, 5.74) is 0.291. The Hall–Kier alpha value is -2.26. The van der Waals surface area contributed by atoms with Gasteiger partial charge in [0.2, 0.25) is 0 Å². The van der Waals surface area contributed by atoms with Crippen LogP contribution in [-0.2, 0) is 14.0 Å². The van der Waals surface area contributed by atoms with Gasteiger partial charge in [-0.25, -0.2) is 4.98 Å². The average molecular weight is 436 g/mol. The third-order valence-electron chi connectivity index (χ3n) is 7.21. The highest BCUT2D eigenvalue weighted by Gasteiger charge is 2.52. The van der Waals surface area contributed by atoms with E-state index in [-0.39, 0.29) is 18.2 Å². The number of benzene rings is 2. The molecule has 0 amide bonds. The van der Waals surface area contributed by atoms with Crippen LogP contribution in [0.4, 0.5) is 0 Å². The van der Waals surface area contributed by atoms with Crippen molar-refractivity contribution in [1.82, 2.24) is 9.55 Å². The van der Waals surface area contributed by atoms with Gasteiger partial charge in [-0.15, -0.1) is 0 Å². The first-order valence-electron chi connectivity index (χ1n) is 11.2. The lowest BCUT2D eigenvalue weighted by atomic mass is 9.75. The normalized spacial score (nSPS) is 25.3. The van der Waals surface area contributed by atoms with Crippen molar-refractivity contribution in [3.63, 3.8) is 0 Å². The van der Waals surface area contributed by atoms with Crippen LogP contribution in [0.5, 0.6) is 0 Å². The van der Waals surface area contributed by atoms with Gasteiger partial charge < -0.3 is 19.2 Å². The molecule has 7 nitrogen and oxygen atoms in total. The lowest BCUT2D eigenvalue weighted by molar-refractivity contribution is 0.00578. The van der Waals surface area contributed by atoms with Crippen molar-refractivity contribution in [3.05, 3.63) is 47.0 Å². The summed E-state index contributed by atoms with van der Waals surface area (Å²) in [7, 11) is -0.598. The van der Waals surface area contributed by atoms with Gasteiger partial charge >= 0.3 is 7.12 Å². The molecule has 8 heteroatoms. The number of hydrogen-bond donors (Lipinski definition) is 1. The van der Waals surface area contributed by atoms with Gasteiger partial charge in [0.25, 0.3) is 5.56 Å². The number of aromatic nitrogens is 2. The summed E-state index contributed by atoms with van der Waals surface area (Å²) in [6.45, 7) is 8.85. The van der Waals surface area contributed by atoms with Crippen molar-refractivity contribution in [2.75, 3.05) is 13.2 Å². The Morgan fingerprint density at radius 2 is 1.78 bits per heavy atom. The quantitative estimate of drug-likeness (QED) is 0.491. The van der Waals surface area contributed by atoms with Crippen LogP contribution >= 0.6 is 0 Å². The molecule has 2 aliphatic heterocycles. The van der Waals surface area contributed by atoms with Crippen LogP contribution in [0.2, 0.25) is 0 Å². The first kappa shape index (κ1) is 21.6. The van der Waals surface area contributed by atoms with Crippen LogP contribution in [0.1, 0.15) is 46.6 Å². The second kappa shape index (κ2) is 7.66. The van der Waals surface area contributed by atoms with Crippen molar-refractivity contribution < 1.29 is 19.2 Å². The van der Waals surface area contributed by atoms with E-state index >= 15 is 0 Å². The molecule has 168 valence electrons. The van der Waals surface area contributed by atoms with Crippen molar-refractivity contribution in [2.45, 2.75) is 63.9 Å². The summed E-state index contributed by atoms with van der Waals surface area (Å²) in [5, 5.41) is 12.9. The lowest BCUT2D eigenvalue weighted by Crippen LogP contribution is -2.41. The minimum Gasteiger partial charge on any atom is -0.399 e. The molecule has 2 atom stereocenters. The SMILES string of the molecule is CC1(C)OB(c2cc3c(=O)n(C4CCCOCC4O)cnc3c3ccccc23)OC1(C)C. The average Bonchev–Trinajstić information content (AvgIpc) is 2.87. The first-order valence-corrected chi connectivity index (χ1v) is 11.2. The summed E-state index contributed by atoms with van der Waals surface area (Å²) in [4.78, 5) is 18.3. The molecule has 2 fully saturated rings. The van der Waals surface area contributed by atoms with Gasteiger partial charge in [-0.3, -0.25) is 9.36 Å². The molecule has 1 N–H and O–H groups in total. The van der Waals surface area contributed by atoms with E-state index in [1.165, 1.54) is 0 Å². The second-order valence-corrected chi connectivity index (χ2v) is 9.80. The molecule has 0 saturated carbocycles. The Balaban J connectivity index is 1.71. The Kier molecular flexibility index (Phi) is 5.17. The Morgan fingerprint density at radius 1 is 1.09 bits per heavy atom.